The van der Waals surface area contributed by atoms with E-state index in [1.807, 2.05) is 13.1 Å². The molecular formula is C13H15F2N3. The van der Waals surface area contributed by atoms with Gasteiger partial charge in [-0.2, -0.15) is 5.10 Å². The molecule has 1 aromatic carbocycles. The largest absolute Gasteiger partial charge is 0.311 e. The summed E-state index contributed by atoms with van der Waals surface area (Å²) in [6.45, 7) is 0. The van der Waals surface area contributed by atoms with Crippen molar-refractivity contribution in [2.45, 2.75) is 12.5 Å². The minimum Gasteiger partial charge on any atom is -0.311 e. The van der Waals surface area contributed by atoms with Gasteiger partial charge < -0.3 is 5.32 Å². The van der Waals surface area contributed by atoms with Gasteiger partial charge in [-0.15, -0.1) is 0 Å². The van der Waals surface area contributed by atoms with Gasteiger partial charge in [0.2, 0.25) is 0 Å². The van der Waals surface area contributed by atoms with Crippen molar-refractivity contribution in [1.82, 2.24) is 15.1 Å². The van der Waals surface area contributed by atoms with Gasteiger partial charge in [-0.25, -0.2) is 8.78 Å². The number of benzene rings is 1. The summed E-state index contributed by atoms with van der Waals surface area (Å²) in [5.41, 5.74) is 1.29. The third-order valence-corrected chi connectivity index (χ3v) is 3.00. The van der Waals surface area contributed by atoms with Crippen LogP contribution in [-0.4, -0.2) is 16.8 Å². The Hall–Kier alpha value is -1.75. The van der Waals surface area contributed by atoms with Crippen molar-refractivity contribution in [3.05, 3.63) is 53.4 Å². The third kappa shape index (κ3) is 2.56. The summed E-state index contributed by atoms with van der Waals surface area (Å²) in [5.74, 6) is -0.815. The fourth-order valence-electron chi connectivity index (χ4n) is 2.00. The molecule has 0 saturated carbocycles. The zero-order valence-electron chi connectivity index (χ0n) is 10.3. The first kappa shape index (κ1) is 12.7. The summed E-state index contributed by atoms with van der Waals surface area (Å²) in [5, 5.41) is 7.17. The second kappa shape index (κ2) is 5.27. The summed E-state index contributed by atoms with van der Waals surface area (Å²) in [6, 6.07) is 5.26. The van der Waals surface area contributed by atoms with Gasteiger partial charge in [-0.1, -0.05) is 0 Å². The van der Waals surface area contributed by atoms with E-state index in [0.29, 0.717) is 12.0 Å². The standard InChI is InChI=1S/C13H15F2N3/c1-16-12(13-5-6-17-18(13)2)8-9-7-10(14)3-4-11(9)15/h3-7,12,16H,8H2,1-2H3. The molecule has 0 saturated heterocycles. The van der Waals surface area contributed by atoms with E-state index >= 15 is 0 Å². The van der Waals surface area contributed by atoms with Gasteiger partial charge in [0, 0.05) is 13.2 Å². The molecule has 5 heteroatoms. The summed E-state index contributed by atoms with van der Waals surface area (Å²) in [4.78, 5) is 0. The smallest absolute Gasteiger partial charge is 0.126 e. The van der Waals surface area contributed by atoms with Crippen molar-refractivity contribution < 1.29 is 8.78 Å². The number of hydrogen-bond donors (Lipinski definition) is 1. The molecule has 0 aliphatic heterocycles. The van der Waals surface area contributed by atoms with Gasteiger partial charge in [0.1, 0.15) is 11.6 Å². The molecule has 1 atom stereocenters. The predicted octanol–water partition coefficient (Wildman–Crippen LogP) is 2.20. The fraction of sp³-hybridized carbons (Fsp3) is 0.308. The van der Waals surface area contributed by atoms with E-state index in [1.54, 1.807) is 17.9 Å². The normalized spacial score (nSPS) is 12.7. The number of nitrogens with one attached hydrogen (secondary N) is 1. The quantitative estimate of drug-likeness (QED) is 0.902. The average Bonchev–Trinajstić information content (AvgIpc) is 2.77. The first-order valence-electron chi connectivity index (χ1n) is 5.71. The van der Waals surface area contributed by atoms with E-state index in [-0.39, 0.29) is 11.9 Å². The summed E-state index contributed by atoms with van der Waals surface area (Å²) >= 11 is 0. The Morgan fingerprint density at radius 2 is 2.11 bits per heavy atom. The van der Waals surface area contributed by atoms with Crippen LogP contribution in [0.3, 0.4) is 0 Å². The maximum atomic E-state index is 13.6. The van der Waals surface area contributed by atoms with Gasteiger partial charge in [0.05, 0.1) is 11.7 Å². The summed E-state index contributed by atoms with van der Waals surface area (Å²) in [6.07, 6.45) is 2.06. The Balaban J connectivity index is 2.26. The topological polar surface area (TPSA) is 29.9 Å². The highest BCUT2D eigenvalue weighted by molar-refractivity contribution is 5.22. The molecule has 0 aliphatic carbocycles. The molecule has 0 aliphatic rings. The molecule has 0 amide bonds. The van der Waals surface area contributed by atoms with Gasteiger partial charge >= 0.3 is 0 Å². The summed E-state index contributed by atoms with van der Waals surface area (Å²) < 4.78 is 28.4. The molecule has 1 heterocycles. The predicted molar refractivity (Wildman–Crippen MR) is 65.1 cm³/mol. The first-order valence-corrected chi connectivity index (χ1v) is 5.71. The van der Waals surface area contributed by atoms with Crippen LogP contribution in [0.5, 0.6) is 0 Å². The van der Waals surface area contributed by atoms with Crippen LogP contribution in [-0.2, 0) is 13.5 Å². The SMILES string of the molecule is CNC(Cc1cc(F)ccc1F)c1ccnn1C. The molecular weight excluding hydrogens is 236 g/mol. The molecule has 2 rings (SSSR count). The Morgan fingerprint density at radius 1 is 1.33 bits per heavy atom. The molecule has 1 N–H and O–H groups in total. The van der Waals surface area contributed by atoms with E-state index < -0.39 is 5.82 Å². The second-order valence-electron chi connectivity index (χ2n) is 4.16. The van der Waals surface area contributed by atoms with Crippen molar-refractivity contribution in [3.8, 4) is 0 Å². The van der Waals surface area contributed by atoms with Crippen molar-refractivity contribution in [2.24, 2.45) is 7.05 Å². The minimum atomic E-state index is -0.425. The lowest BCUT2D eigenvalue weighted by atomic mass is 10.0. The maximum Gasteiger partial charge on any atom is 0.126 e. The van der Waals surface area contributed by atoms with E-state index in [1.165, 1.54) is 6.07 Å². The molecule has 18 heavy (non-hydrogen) atoms. The number of aryl methyl sites for hydroxylation is 1. The zero-order valence-corrected chi connectivity index (χ0v) is 10.3. The molecule has 0 fully saturated rings. The van der Waals surface area contributed by atoms with Gasteiger partial charge in [0.25, 0.3) is 0 Å². The maximum absolute atomic E-state index is 13.6. The van der Waals surface area contributed by atoms with Gasteiger partial charge in [0.15, 0.2) is 0 Å². The molecule has 0 bridgehead atoms. The molecule has 2 aromatic rings. The number of rotatable bonds is 4. The first-order chi connectivity index (χ1) is 8.61. The van der Waals surface area contributed by atoms with Gasteiger partial charge in [-0.3, -0.25) is 4.68 Å². The van der Waals surface area contributed by atoms with E-state index in [0.717, 1.165) is 17.8 Å². The van der Waals surface area contributed by atoms with Crippen LogP contribution < -0.4 is 5.32 Å². The van der Waals surface area contributed by atoms with Crippen LogP contribution in [0.4, 0.5) is 8.78 Å². The van der Waals surface area contributed by atoms with Crippen LogP contribution in [0.2, 0.25) is 0 Å². The van der Waals surface area contributed by atoms with Crippen molar-refractivity contribution in [3.63, 3.8) is 0 Å². The lowest BCUT2D eigenvalue weighted by molar-refractivity contribution is 0.514. The fourth-order valence-corrected chi connectivity index (χ4v) is 2.00. The monoisotopic (exact) mass is 251 g/mol. The lowest BCUT2D eigenvalue weighted by Crippen LogP contribution is -2.22. The molecule has 1 unspecified atom stereocenters. The van der Waals surface area contributed by atoms with Crippen LogP contribution in [0.15, 0.2) is 30.5 Å². The third-order valence-electron chi connectivity index (χ3n) is 3.00. The molecule has 0 spiro atoms. The Labute approximate surface area is 104 Å². The van der Waals surface area contributed by atoms with Crippen LogP contribution >= 0.6 is 0 Å². The molecule has 0 radical (unpaired) electrons. The average molecular weight is 251 g/mol. The van der Waals surface area contributed by atoms with Crippen molar-refractivity contribution in [2.75, 3.05) is 7.05 Å². The molecule has 1 aromatic heterocycles. The summed E-state index contributed by atoms with van der Waals surface area (Å²) in [7, 11) is 3.61. The van der Waals surface area contributed by atoms with Crippen molar-refractivity contribution in [1.29, 1.82) is 0 Å². The Morgan fingerprint density at radius 3 is 2.72 bits per heavy atom. The number of nitrogens with zero attached hydrogens (tertiary/aromatic N) is 2. The minimum absolute atomic E-state index is 0.103. The zero-order chi connectivity index (χ0) is 13.1. The Bertz CT molecular complexity index is 537. The highest BCUT2D eigenvalue weighted by Gasteiger charge is 2.16. The van der Waals surface area contributed by atoms with Crippen LogP contribution in [0, 0.1) is 11.6 Å². The Kier molecular flexibility index (Phi) is 3.72. The van der Waals surface area contributed by atoms with E-state index in [4.69, 9.17) is 0 Å². The number of aromatic nitrogens is 2. The molecule has 96 valence electrons. The van der Waals surface area contributed by atoms with Crippen LogP contribution in [0.1, 0.15) is 17.3 Å². The van der Waals surface area contributed by atoms with Crippen LogP contribution in [0.25, 0.3) is 0 Å². The van der Waals surface area contributed by atoms with E-state index in [2.05, 4.69) is 10.4 Å². The molecule has 3 nitrogen and oxygen atoms in total. The number of hydrogen-bond acceptors (Lipinski definition) is 2. The van der Waals surface area contributed by atoms with E-state index in [9.17, 15) is 8.78 Å². The second-order valence-corrected chi connectivity index (χ2v) is 4.16. The number of likely N-dealkylation sites (N-methyl/N-ethyl adjacent to an activating group) is 1. The lowest BCUT2D eigenvalue weighted by Gasteiger charge is -2.17. The van der Waals surface area contributed by atoms with Crippen molar-refractivity contribution >= 4 is 0 Å². The number of halogens is 2. The highest BCUT2D eigenvalue weighted by atomic mass is 19.1. The highest BCUT2D eigenvalue weighted by Crippen LogP contribution is 2.20. The van der Waals surface area contributed by atoms with Gasteiger partial charge in [-0.05, 0) is 43.3 Å².